The van der Waals surface area contributed by atoms with Gasteiger partial charge in [-0.1, -0.05) is 54.1 Å². The van der Waals surface area contributed by atoms with Crippen molar-refractivity contribution in [1.29, 1.82) is 0 Å². The molecule has 0 spiro atoms. The Morgan fingerprint density at radius 1 is 1.07 bits per heavy atom. The molecule has 0 bridgehead atoms. The maximum atomic E-state index is 13.0. The van der Waals surface area contributed by atoms with Crippen LogP contribution >= 0.6 is 11.6 Å². The smallest absolute Gasteiger partial charge is 0.242 e. The van der Waals surface area contributed by atoms with Gasteiger partial charge in [-0.2, -0.15) is 0 Å². The van der Waals surface area contributed by atoms with Gasteiger partial charge >= 0.3 is 0 Å². The number of nitrogens with one attached hydrogen (secondary N) is 1. The number of carbonyl (C=O) groups is 2. The van der Waals surface area contributed by atoms with Gasteiger partial charge in [-0.15, -0.1) is 0 Å². The lowest BCUT2D eigenvalue weighted by molar-refractivity contribution is -0.140. The van der Waals surface area contributed by atoms with E-state index in [1.54, 1.807) is 31.1 Å². The number of hydrogen-bond donors (Lipinski definition) is 1. The Labute approximate surface area is 171 Å². The number of hydrogen-bond acceptors (Lipinski definition) is 3. The van der Waals surface area contributed by atoms with E-state index in [1.807, 2.05) is 42.5 Å². The van der Waals surface area contributed by atoms with E-state index in [9.17, 15) is 9.59 Å². The molecule has 6 heteroatoms. The molecule has 0 aliphatic rings. The van der Waals surface area contributed by atoms with E-state index < -0.39 is 6.04 Å². The van der Waals surface area contributed by atoms with E-state index in [1.165, 1.54) is 0 Å². The normalized spacial score (nSPS) is 11.7. The van der Waals surface area contributed by atoms with E-state index in [2.05, 4.69) is 5.32 Å². The zero-order valence-electron chi connectivity index (χ0n) is 16.4. The van der Waals surface area contributed by atoms with Crippen LogP contribution in [0.2, 0.25) is 5.02 Å². The molecule has 0 saturated carbocycles. The Bertz CT molecular complexity index is 750. The van der Waals surface area contributed by atoms with E-state index in [0.29, 0.717) is 24.7 Å². The topological polar surface area (TPSA) is 58.6 Å². The second-order valence-corrected chi connectivity index (χ2v) is 7.06. The van der Waals surface area contributed by atoms with Crippen molar-refractivity contribution >= 4 is 23.4 Å². The largest absolute Gasteiger partial charge is 0.385 e. The minimum absolute atomic E-state index is 0.106. The van der Waals surface area contributed by atoms with Crippen molar-refractivity contribution in [3.05, 3.63) is 70.7 Å². The van der Waals surface area contributed by atoms with Crippen molar-refractivity contribution < 1.29 is 14.3 Å². The second kappa shape index (κ2) is 11.5. The number of methoxy groups -OCH3 is 1. The van der Waals surface area contributed by atoms with Crippen LogP contribution in [-0.2, 0) is 27.3 Å². The summed E-state index contributed by atoms with van der Waals surface area (Å²) in [6, 6.07) is 16.3. The van der Waals surface area contributed by atoms with Gasteiger partial charge in [0.1, 0.15) is 6.04 Å². The zero-order valence-corrected chi connectivity index (χ0v) is 17.1. The van der Waals surface area contributed by atoms with Gasteiger partial charge in [0.05, 0.1) is 6.42 Å². The summed E-state index contributed by atoms with van der Waals surface area (Å²) in [5.41, 5.74) is 1.84. The summed E-state index contributed by atoms with van der Waals surface area (Å²) in [6.07, 6.45) is 0.942. The van der Waals surface area contributed by atoms with Crippen molar-refractivity contribution in [2.45, 2.75) is 32.4 Å². The Balaban J connectivity index is 2.09. The summed E-state index contributed by atoms with van der Waals surface area (Å²) < 4.78 is 5.00. The number of rotatable bonds is 10. The van der Waals surface area contributed by atoms with Crippen molar-refractivity contribution in [2.24, 2.45) is 0 Å². The first-order chi connectivity index (χ1) is 13.5. The first-order valence-corrected chi connectivity index (χ1v) is 9.73. The quantitative estimate of drug-likeness (QED) is 0.619. The van der Waals surface area contributed by atoms with Crippen LogP contribution in [0, 0.1) is 0 Å². The third-order valence-electron chi connectivity index (χ3n) is 4.46. The Morgan fingerprint density at radius 3 is 2.39 bits per heavy atom. The summed E-state index contributed by atoms with van der Waals surface area (Å²) in [5, 5.41) is 3.51. The average molecular weight is 403 g/mol. The molecule has 2 aromatic rings. The summed E-state index contributed by atoms with van der Waals surface area (Å²) in [6.45, 7) is 3.23. The van der Waals surface area contributed by atoms with E-state index in [-0.39, 0.29) is 18.2 Å². The number of ether oxygens (including phenoxy) is 1. The highest BCUT2D eigenvalue weighted by molar-refractivity contribution is 6.30. The third-order valence-corrected chi connectivity index (χ3v) is 4.71. The molecule has 2 aromatic carbocycles. The number of benzene rings is 2. The highest BCUT2D eigenvalue weighted by atomic mass is 35.5. The molecule has 2 amide bonds. The van der Waals surface area contributed by atoms with Crippen LogP contribution in [0.5, 0.6) is 0 Å². The van der Waals surface area contributed by atoms with Crippen molar-refractivity contribution in [3.8, 4) is 0 Å². The standard InChI is InChI=1S/C22H27ClN2O3/c1-17(22(27)24-13-6-14-28-2)25(16-19-7-4-3-5-8-19)21(26)15-18-9-11-20(23)12-10-18/h3-5,7-12,17H,6,13-16H2,1-2H3,(H,24,27)/t17-/m1/s1. The van der Waals surface area contributed by atoms with E-state index in [4.69, 9.17) is 16.3 Å². The van der Waals surface area contributed by atoms with Gasteiger partial charge in [0, 0.05) is 31.8 Å². The number of halogens is 1. The van der Waals surface area contributed by atoms with Crippen LogP contribution in [0.15, 0.2) is 54.6 Å². The predicted molar refractivity (Wildman–Crippen MR) is 111 cm³/mol. The lowest BCUT2D eigenvalue weighted by Gasteiger charge is -2.29. The van der Waals surface area contributed by atoms with Crippen LogP contribution in [0.25, 0.3) is 0 Å². The molecule has 0 saturated heterocycles. The lowest BCUT2D eigenvalue weighted by atomic mass is 10.1. The Hall–Kier alpha value is -2.37. The maximum absolute atomic E-state index is 13.0. The SMILES string of the molecule is COCCCNC(=O)[C@@H](C)N(Cc1ccccc1)C(=O)Cc1ccc(Cl)cc1. The lowest BCUT2D eigenvalue weighted by Crippen LogP contribution is -2.48. The van der Waals surface area contributed by atoms with E-state index >= 15 is 0 Å². The van der Waals surface area contributed by atoms with Crippen molar-refractivity contribution in [2.75, 3.05) is 20.3 Å². The van der Waals surface area contributed by atoms with Gasteiger partial charge in [0.25, 0.3) is 0 Å². The summed E-state index contributed by atoms with van der Waals surface area (Å²) in [7, 11) is 1.63. The molecule has 0 aromatic heterocycles. The van der Waals surface area contributed by atoms with Gasteiger partial charge in [0.15, 0.2) is 0 Å². The molecule has 0 unspecified atom stereocenters. The minimum atomic E-state index is -0.581. The molecule has 1 atom stereocenters. The van der Waals surface area contributed by atoms with Gasteiger partial charge in [-0.25, -0.2) is 0 Å². The second-order valence-electron chi connectivity index (χ2n) is 6.62. The number of carbonyl (C=O) groups excluding carboxylic acids is 2. The van der Waals surface area contributed by atoms with Crippen LogP contribution < -0.4 is 5.32 Å². The molecule has 0 heterocycles. The fourth-order valence-corrected chi connectivity index (χ4v) is 2.94. The first kappa shape index (κ1) is 21.9. The maximum Gasteiger partial charge on any atom is 0.242 e. The average Bonchev–Trinajstić information content (AvgIpc) is 2.71. The van der Waals surface area contributed by atoms with Crippen LogP contribution in [0.4, 0.5) is 0 Å². The highest BCUT2D eigenvalue weighted by Crippen LogP contribution is 2.14. The van der Waals surface area contributed by atoms with Crippen molar-refractivity contribution in [3.63, 3.8) is 0 Å². The molecule has 28 heavy (non-hydrogen) atoms. The third kappa shape index (κ3) is 6.98. The molecule has 0 fully saturated rings. The molecule has 2 rings (SSSR count). The number of nitrogens with zero attached hydrogens (tertiary/aromatic N) is 1. The highest BCUT2D eigenvalue weighted by Gasteiger charge is 2.26. The fraction of sp³-hybridized carbons (Fsp3) is 0.364. The predicted octanol–water partition coefficient (Wildman–Crippen LogP) is 3.45. The molecular weight excluding hydrogens is 376 g/mol. The zero-order chi connectivity index (χ0) is 20.4. The molecule has 0 aliphatic heterocycles. The molecule has 150 valence electrons. The first-order valence-electron chi connectivity index (χ1n) is 9.35. The fourth-order valence-electron chi connectivity index (χ4n) is 2.82. The molecule has 1 N–H and O–H groups in total. The Morgan fingerprint density at radius 2 is 1.75 bits per heavy atom. The van der Waals surface area contributed by atoms with Crippen LogP contribution in [-0.4, -0.2) is 43.0 Å². The molecule has 0 aliphatic carbocycles. The molecular formula is C22H27ClN2O3. The summed E-state index contributed by atoms with van der Waals surface area (Å²) >= 11 is 5.92. The van der Waals surface area contributed by atoms with Gasteiger partial charge < -0.3 is 15.0 Å². The van der Waals surface area contributed by atoms with Gasteiger partial charge in [0.2, 0.25) is 11.8 Å². The summed E-state index contributed by atoms with van der Waals surface area (Å²) in [4.78, 5) is 27.2. The van der Waals surface area contributed by atoms with Gasteiger partial charge in [-0.3, -0.25) is 9.59 Å². The minimum Gasteiger partial charge on any atom is -0.385 e. The van der Waals surface area contributed by atoms with E-state index in [0.717, 1.165) is 17.5 Å². The monoisotopic (exact) mass is 402 g/mol. The molecule has 0 radical (unpaired) electrons. The van der Waals surface area contributed by atoms with Crippen molar-refractivity contribution in [1.82, 2.24) is 10.2 Å². The Kier molecular flexibility index (Phi) is 8.98. The van der Waals surface area contributed by atoms with Gasteiger partial charge in [-0.05, 0) is 36.6 Å². The molecule has 5 nitrogen and oxygen atoms in total. The summed E-state index contributed by atoms with van der Waals surface area (Å²) in [5.74, 6) is -0.276. The number of amides is 2. The van der Waals surface area contributed by atoms with Crippen LogP contribution in [0.3, 0.4) is 0 Å². The van der Waals surface area contributed by atoms with Crippen LogP contribution in [0.1, 0.15) is 24.5 Å².